The second-order valence-electron chi connectivity index (χ2n) is 4.70. The molecule has 1 N–H and O–H groups in total. The molecule has 0 spiro atoms. The molecule has 1 saturated carbocycles. The smallest absolute Gasteiger partial charge is 0.392 e. The van der Waals surface area contributed by atoms with E-state index in [0.717, 1.165) is 25.0 Å². The van der Waals surface area contributed by atoms with Crippen molar-refractivity contribution in [2.75, 3.05) is 0 Å². The highest BCUT2D eigenvalue weighted by molar-refractivity contribution is 5.30. The monoisotopic (exact) mass is 262 g/mol. The Morgan fingerprint density at radius 1 is 1.11 bits per heavy atom. The lowest BCUT2D eigenvalue weighted by molar-refractivity contribution is -0.140. The van der Waals surface area contributed by atoms with Crippen molar-refractivity contribution in [3.05, 3.63) is 35.1 Å². The van der Waals surface area contributed by atoms with E-state index < -0.39 is 23.7 Å². The third-order valence-corrected chi connectivity index (χ3v) is 3.45. The van der Waals surface area contributed by atoms with E-state index in [4.69, 9.17) is 0 Å². The standard InChI is InChI=1S/C13H14F4O/c14-11-6-5-8(7-10(11)13(15,16)17)9-3-1-2-4-12(9)18/h5-7,9,12,18H,1-4H2. The second-order valence-corrected chi connectivity index (χ2v) is 4.70. The first-order chi connectivity index (χ1) is 8.39. The maximum atomic E-state index is 13.1. The van der Waals surface area contributed by atoms with E-state index >= 15 is 0 Å². The molecule has 1 aliphatic carbocycles. The van der Waals surface area contributed by atoms with Crippen molar-refractivity contribution < 1.29 is 22.7 Å². The van der Waals surface area contributed by atoms with Crippen LogP contribution in [-0.4, -0.2) is 11.2 Å². The molecule has 1 nitrogen and oxygen atoms in total. The number of hydrogen-bond acceptors (Lipinski definition) is 1. The minimum atomic E-state index is -4.69. The zero-order valence-corrected chi connectivity index (χ0v) is 9.67. The largest absolute Gasteiger partial charge is 0.419 e. The first kappa shape index (κ1) is 13.3. The summed E-state index contributed by atoms with van der Waals surface area (Å²) in [6.07, 6.45) is -2.34. The molecule has 0 aliphatic heterocycles. The quantitative estimate of drug-likeness (QED) is 0.762. The average Bonchev–Trinajstić information content (AvgIpc) is 2.29. The number of alkyl halides is 3. The molecule has 18 heavy (non-hydrogen) atoms. The molecular weight excluding hydrogens is 248 g/mol. The van der Waals surface area contributed by atoms with Gasteiger partial charge >= 0.3 is 6.18 Å². The van der Waals surface area contributed by atoms with Gasteiger partial charge in [-0.1, -0.05) is 18.9 Å². The first-order valence-corrected chi connectivity index (χ1v) is 5.94. The fraction of sp³-hybridized carbons (Fsp3) is 0.538. The van der Waals surface area contributed by atoms with E-state index in [1.165, 1.54) is 6.07 Å². The van der Waals surface area contributed by atoms with E-state index in [1.807, 2.05) is 0 Å². The number of hydrogen-bond donors (Lipinski definition) is 1. The molecule has 2 unspecified atom stereocenters. The van der Waals surface area contributed by atoms with Crippen LogP contribution in [0.15, 0.2) is 18.2 Å². The molecule has 5 heteroatoms. The molecule has 100 valence electrons. The molecule has 0 saturated heterocycles. The molecule has 0 heterocycles. The van der Waals surface area contributed by atoms with Gasteiger partial charge in [0.15, 0.2) is 0 Å². The van der Waals surface area contributed by atoms with E-state index in [2.05, 4.69) is 0 Å². The Hall–Kier alpha value is -1.10. The average molecular weight is 262 g/mol. The summed E-state index contributed by atoms with van der Waals surface area (Å²) in [5, 5.41) is 9.81. The summed E-state index contributed by atoms with van der Waals surface area (Å²) >= 11 is 0. The Bertz CT molecular complexity index is 427. The van der Waals surface area contributed by atoms with Crippen LogP contribution in [0.1, 0.15) is 42.7 Å². The summed E-state index contributed by atoms with van der Waals surface area (Å²) in [7, 11) is 0. The zero-order chi connectivity index (χ0) is 13.3. The minimum Gasteiger partial charge on any atom is -0.392 e. The predicted octanol–water partition coefficient (Wildman–Crippen LogP) is 3.86. The first-order valence-electron chi connectivity index (χ1n) is 5.94. The minimum absolute atomic E-state index is 0.319. The van der Waals surface area contributed by atoms with Crippen LogP contribution in [0.2, 0.25) is 0 Å². The topological polar surface area (TPSA) is 20.2 Å². The molecular formula is C13H14F4O. The molecule has 1 aliphatic rings. The van der Waals surface area contributed by atoms with Gasteiger partial charge in [-0.05, 0) is 30.5 Å². The predicted molar refractivity (Wildman–Crippen MR) is 58.6 cm³/mol. The highest BCUT2D eigenvalue weighted by Gasteiger charge is 2.35. The zero-order valence-electron chi connectivity index (χ0n) is 9.67. The number of aliphatic hydroxyl groups excluding tert-OH is 1. The van der Waals surface area contributed by atoms with Gasteiger partial charge in [0.25, 0.3) is 0 Å². The fourth-order valence-electron chi connectivity index (χ4n) is 2.49. The second kappa shape index (κ2) is 4.88. The van der Waals surface area contributed by atoms with Crippen LogP contribution in [0, 0.1) is 5.82 Å². The van der Waals surface area contributed by atoms with Gasteiger partial charge in [0.2, 0.25) is 0 Å². The van der Waals surface area contributed by atoms with Crippen LogP contribution in [-0.2, 0) is 6.18 Å². The van der Waals surface area contributed by atoms with Crippen molar-refractivity contribution in [3.8, 4) is 0 Å². The SMILES string of the molecule is OC1CCCCC1c1ccc(F)c(C(F)(F)F)c1. The third kappa shape index (κ3) is 2.66. The summed E-state index contributed by atoms with van der Waals surface area (Å²) in [4.78, 5) is 0. The highest BCUT2D eigenvalue weighted by Crippen LogP contribution is 2.37. The van der Waals surface area contributed by atoms with Crippen LogP contribution < -0.4 is 0 Å². The van der Waals surface area contributed by atoms with Gasteiger partial charge < -0.3 is 5.11 Å². The van der Waals surface area contributed by atoms with Crippen LogP contribution in [0.4, 0.5) is 17.6 Å². The summed E-state index contributed by atoms with van der Waals surface area (Å²) in [6.45, 7) is 0. The number of aliphatic hydroxyl groups is 1. The van der Waals surface area contributed by atoms with Crippen molar-refractivity contribution in [1.29, 1.82) is 0 Å². The molecule has 0 radical (unpaired) electrons. The third-order valence-electron chi connectivity index (χ3n) is 3.45. The lowest BCUT2D eigenvalue weighted by Gasteiger charge is -2.28. The molecule has 0 amide bonds. The van der Waals surface area contributed by atoms with Gasteiger partial charge in [-0.3, -0.25) is 0 Å². The summed E-state index contributed by atoms with van der Waals surface area (Å²) < 4.78 is 50.9. The normalized spacial score (nSPS) is 25.2. The summed E-state index contributed by atoms with van der Waals surface area (Å²) in [5.74, 6) is -1.59. The molecule has 1 aromatic carbocycles. The Kier molecular flexibility index (Phi) is 3.61. The molecule has 0 bridgehead atoms. The Labute approximate surface area is 102 Å². The van der Waals surface area contributed by atoms with Gasteiger partial charge in [0.05, 0.1) is 11.7 Å². The van der Waals surface area contributed by atoms with Crippen LogP contribution in [0.5, 0.6) is 0 Å². The van der Waals surface area contributed by atoms with Crippen LogP contribution in [0.3, 0.4) is 0 Å². The van der Waals surface area contributed by atoms with Crippen molar-refractivity contribution in [3.63, 3.8) is 0 Å². The maximum Gasteiger partial charge on any atom is 0.419 e. The molecule has 1 aromatic rings. The molecule has 2 rings (SSSR count). The molecule has 2 atom stereocenters. The molecule has 0 aromatic heterocycles. The highest BCUT2D eigenvalue weighted by atomic mass is 19.4. The lowest BCUT2D eigenvalue weighted by Crippen LogP contribution is -2.23. The van der Waals surface area contributed by atoms with Gasteiger partial charge in [-0.2, -0.15) is 13.2 Å². The van der Waals surface area contributed by atoms with Crippen molar-refractivity contribution in [2.24, 2.45) is 0 Å². The lowest BCUT2D eigenvalue weighted by atomic mass is 9.81. The number of rotatable bonds is 1. The van der Waals surface area contributed by atoms with Gasteiger partial charge in [-0.25, -0.2) is 4.39 Å². The number of benzene rings is 1. The fourth-order valence-corrected chi connectivity index (χ4v) is 2.49. The summed E-state index contributed by atoms with van der Waals surface area (Å²) in [6, 6.07) is 3.00. The van der Waals surface area contributed by atoms with Crippen LogP contribution in [0.25, 0.3) is 0 Å². The van der Waals surface area contributed by atoms with Gasteiger partial charge in [0, 0.05) is 5.92 Å². The van der Waals surface area contributed by atoms with E-state index in [1.54, 1.807) is 0 Å². The Morgan fingerprint density at radius 3 is 2.39 bits per heavy atom. The van der Waals surface area contributed by atoms with E-state index in [9.17, 15) is 22.7 Å². The van der Waals surface area contributed by atoms with E-state index in [-0.39, 0.29) is 5.92 Å². The summed E-state index contributed by atoms with van der Waals surface area (Å²) in [5.41, 5.74) is -0.881. The van der Waals surface area contributed by atoms with Gasteiger partial charge in [0.1, 0.15) is 5.82 Å². The Balaban J connectivity index is 2.34. The van der Waals surface area contributed by atoms with Crippen molar-refractivity contribution in [2.45, 2.75) is 43.9 Å². The maximum absolute atomic E-state index is 13.1. The van der Waals surface area contributed by atoms with Crippen LogP contribution >= 0.6 is 0 Å². The molecule has 1 fully saturated rings. The van der Waals surface area contributed by atoms with Crippen molar-refractivity contribution in [1.82, 2.24) is 0 Å². The van der Waals surface area contributed by atoms with Crippen molar-refractivity contribution >= 4 is 0 Å². The number of halogens is 4. The van der Waals surface area contributed by atoms with Gasteiger partial charge in [-0.15, -0.1) is 0 Å². The van der Waals surface area contributed by atoms with E-state index in [0.29, 0.717) is 18.4 Å². The Morgan fingerprint density at radius 2 is 1.78 bits per heavy atom.